The zero-order valence-corrected chi connectivity index (χ0v) is 12.3. The second-order valence-electron chi connectivity index (χ2n) is 5.47. The fourth-order valence-electron chi connectivity index (χ4n) is 2.70. The molecule has 0 spiro atoms. The molecule has 110 valence electrons. The number of nitrogens with one attached hydrogen (secondary N) is 2. The summed E-state index contributed by atoms with van der Waals surface area (Å²) in [5.74, 6) is 1.44. The summed E-state index contributed by atoms with van der Waals surface area (Å²) in [7, 11) is 1.63. The molecule has 0 aromatic heterocycles. The summed E-state index contributed by atoms with van der Waals surface area (Å²) >= 11 is 0. The fraction of sp³-hybridized carbons (Fsp3) is 0.562. The lowest BCUT2D eigenvalue weighted by Crippen LogP contribution is -2.48. The first-order valence-electron chi connectivity index (χ1n) is 7.32. The molecule has 1 amide bonds. The minimum absolute atomic E-state index is 0.0501. The number of para-hydroxylation sites is 1. The molecule has 2 unspecified atom stereocenters. The van der Waals surface area contributed by atoms with E-state index in [9.17, 15) is 4.79 Å². The number of ether oxygens (including phenoxy) is 1. The Kier molecular flexibility index (Phi) is 5.41. The summed E-state index contributed by atoms with van der Waals surface area (Å²) in [4.78, 5) is 12.0. The molecule has 20 heavy (non-hydrogen) atoms. The van der Waals surface area contributed by atoms with Gasteiger partial charge < -0.3 is 15.4 Å². The standard InChI is InChI=1S/C16H24N2O2/c1-12-6-5-9-17-14(12)11-18-16(19)10-13-7-3-4-8-15(13)20-2/h3-4,7-8,12,14,17H,5-6,9-11H2,1-2H3,(H,18,19). The molecular formula is C16H24N2O2. The average Bonchev–Trinajstić information content (AvgIpc) is 2.47. The third-order valence-corrected chi connectivity index (χ3v) is 3.99. The highest BCUT2D eigenvalue weighted by Gasteiger charge is 2.21. The van der Waals surface area contributed by atoms with Crippen molar-refractivity contribution in [2.24, 2.45) is 5.92 Å². The van der Waals surface area contributed by atoms with Crippen molar-refractivity contribution in [1.82, 2.24) is 10.6 Å². The van der Waals surface area contributed by atoms with Crippen LogP contribution in [0.4, 0.5) is 0 Å². The zero-order chi connectivity index (χ0) is 14.4. The predicted molar refractivity (Wildman–Crippen MR) is 79.9 cm³/mol. The molecule has 4 nitrogen and oxygen atoms in total. The maximum absolute atomic E-state index is 12.0. The molecule has 1 saturated heterocycles. The summed E-state index contributed by atoms with van der Waals surface area (Å²) in [5.41, 5.74) is 0.928. The van der Waals surface area contributed by atoms with E-state index in [-0.39, 0.29) is 5.91 Å². The highest BCUT2D eigenvalue weighted by molar-refractivity contribution is 5.79. The summed E-state index contributed by atoms with van der Waals surface area (Å²) in [6.45, 7) is 4.00. The van der Waals surface area contributed by atoms with E-state index in [0.717, 1.165) is 17.9 Å². The molecule has 2 N–H and O–H groups in total. The first kappa shape index (κ1) is 14.9. The SMILES string of the molecule is COc1ccccc1CC(=O)NCC1NCCCC1C. The Balaban J connectivity index is 1.83. The molecule has 1 fully saturated rings. The Labute approximate surface area is 120 Å². The number of rotatable bonds is 5. The van der Waals surface area contributed by atoms with E-state index in [0.29, 0.717) is 24.9 Å². The third-order valence-electron chi connectivity index (χ3n) is 3.99. The van der Waals surface area contributed by atoms with Crippen LogP contribution < -0.4 is 15.4 Å². The Morgan fingerprint density at radius 1 is 1.45 bits per heavy atom. The maximum atomic E-state index is 12.0. The molecule has 0 radical (unpaired) electrons. The third kappa shape index (κ3) is 3.97. The number of piperidine rings is 1. The quantitative estimate of drug-likeness (QED) is 0.861. The van der Waals surface area contributed by atoms with Gasteiger partial charge in [-0.25, -0.2) is 0 Å². The Bertz CT molecular complexity index is 448. The molecule has 0 saturated carbocycles. The topological polar surface area (TPSA) is 50.4 Å². The Hall–Kier alpha value is -1.55. The van der Waals surface area contributed by atoms with Gasteiger partial charge in [-0.05, 0) is 31.4 Å². The first-order chi connectivity index (χ1) is 9.70. The number of carbonyl (C=O) groups excluding carboxylic acids is 1. The first-order valence-corrected chi connectivity index (χ1v) is 7.32. The van der Waals surface area contributed by atoms with E-state index in [1.807, 2.05) is 24.3 Å². The van der Waals surface area contributed by atoms with Crippen LogP contribution in [-0.2, 0) is 11.2 Å². The van der Waals surface area contributed by atoms with Gasteiger partial charge in [-0.1, -0.05) is 25.1 Å². The highest BCUT2D eigenvalue weighted by atomic mass is 16.5. The van der Waals surface area contributed by atoms with E-state index in [2.05, 4.69) is 17.6 Å². The molecule has 4 heteroatoms. The van der Waals surface area contributed by atoms with E-state index < -0.39 is 0 Å². The predicted octanol–water partition coefficient (Wildman–Crippen LogP) is 1.74. The highest BCUT2D eigenvalue weighted by Crippen LogP contribution is 2.18. The van der Waals surface area contributed by atoms with E-state index >= 15 is 0 Å². The smallest absolute Gasteiger partial charge is 0.224 e. The van der Waals surface area contributed by atoms with Gasteiger partial charge in [0.1, 0.15) is 5.75 Å². The molecule has 0 aliphatic carbocycles. The minimum Gasteiger partial charge on any atom is -0.496 e. The molecule has 1 aliphatic heterocycles. The molecule has 1 aliphatic rings. The molecule has 1 aromatic rings. The Morgan fingerprint density at radius 2 is 2.25 bits per heavy atom. The van der Waals surface area contributed by atoms with Crippen LogP contribution in [0.3, 0.4) is 0 Å². The van der Waals surface area contributed by atoms with Crippen LogP contribution >= 0.6 is 0 Å². The van der Waals surface area contributed by atoms with Gasteiger partial charge in [-0.15, -0.1) is 0 Å². The lowest BCUT2D eigenvalue weighted by atomic mass is 9.93. The molecule has 0 bridgehead atoms. The number of carbonyl (C=O) groups is 1. The van der Waals surface area contributed by atoms with Gasteiger partial charge in [-0.3, -0.25) is 4.79 Å². The van der Waals surface area contributed by atoms with Gasteiger partial charge in [0.15, 0.2) is 0 Å². The fourth-order valence-corrected chi connectivity index (χ4v) is 2.70. The van der Waals surface area contributed by atoms with Gasteiger partial charge in [0.2, 0.25) is 5.91 Å². The van der Waals surface area contributed by atoms with E-state index in [1.54, 1.807) is 7.11 Å². The molecule has 2 atom stereocenters. The molecule has 1 heterocycles. The van der Waals surface area contributed by atoms with Crippen molar-refractivity contribution in [3.05, 3.63) is 29.8 Å². The van der Waals surface area contributed by atoms with E-state index in [4.69, 9.17) is 4.74 Å². The van der Waals surface area contributed by atoms with Crippen molar-refractivity contribution in [1.29, 1.82) is 0 Å². The second kappa shape index (κ2) is 7.29. The summed E-state index contributed by atoms with van der Waals surface area (Å²) in [6.07, 6.45) is 2.83. The summed E-state index contributed by atoms with van der Waals surface area (Å²) in [5, 5.41) is 6.50. The summed E-state index contributed by atoms with van der Waals surface area (Å²) < 4.78 is 5.27. The van der Waals surface area contributed by atoms with Crippen LogP contribution in [0.5, 0.6) is 5.75 Å². The normalized spacial score (nSPS) is 22.3. The van der Waals surface area contributed by atoms with Crippen molar-refractivity contribution in [3.63, 3.8) is 0 Å². The number of hydrogen-bond donors (Lipinski definition) is 2. The van der Waals surface area contributed by atoms with Crippen molar-refractivity contribution in [2.75, 3.05) is 20.2 Å². The lowest BCUT2D eigenvalue weighted by Gasteiger charge is -2.30. The lowest BCUT2D eigenvalue weighted by molar-refractivity contribution is -0.120. The number of methoxy groups -OCH3 is 1. The molecule has 2 rings (SSSR count). The van der Waals surface area contributed by atoms with E-state index in [1.165, 1.54) is 12.8 Å². The Morgan fingerprint density at radius 3 is 3.00 bits per heavy atom. The van der Waals surface area contributed by atoms with Gasteiger partial charge in [0, 0.05) is 18.2 Å². The number of hydrogen-bond acceptors (Lipinski definition) is 3. The molecular weight excluding hydrogens is 252 g/mol. The van der Waals surface area contributed by atoms with Crippen molar-refractivity contribution in [2.45, 2.75) is 32.2 Å². The van der Waals surface area contributed by atoms with Crippen LogP contribution in [0.25, 0.3) is 0 Å². The van der Waals surface area contributed by atoms with Gasteiger partial charge in [0.05, 0.1) is 13.5 Å². The molecule has 1 aromatic carbocycles. The second-order valence-corrected chi connectivity index (χ2v) is 5.47. The average molecular weight is 276 g/mol. The van der Waals surface area contributed by atoms with Crippen LogP contribution in [0.2, 0.25) is 0 Å². The van der Waals surface area contributed by atoms with Gasteiger partial charge in [-0.2, -0.15) is 0 Å². The largest absolute Gasteiger partial charge is 0.496 e. The van der Waals surface area contributed by atoms with Crippen molar-refractivity contribution >= 4 is 5.91 Å². The number of amides is 1. The van der Waals surface area contributed by atoms with Crippen molar-refractivity contribution in [3.8, 4) is 5.75 Å². The van der Waals surface area contributed by atoms with Crippen LogP contribution in [0.15, 0.2) is 24.3 Å². The van der Waals surface area contributed by atoms with Crippen LogP contribution in [-0.4, -0.2) is 32.1 Å². The van der Waals surface area contributed by atoms with Crippen molar-refractivity contribution < 1.29 is 9.53 Å². The van der Waals surface area contributed by atoms with Crippen LogP contribution in [0.1, 0.15) is 25.3 Å². The van der Waals surface area contributed by atoms with Gasteiger partial charge >= 0.3 is 0 Å². The van der Waals surface area contributed by atoms with Gasteiger partial charge in [0.25, 0.3) is 0 Å². The monoisotopic (exact) mass is 276 g/mol. The van der Waals surface area contributed by atoms with Crippen LogP contribution in [0, 0.1) is 5.92 Å². The summed E-state index contributed by atoms with van der Waals surface area (Å²) in [6, 6.07) is 8.04. The zero-order valence-electron chi connectivity index (χ0n) is 12.3. The number of benzene rings is 1. The maximum Gasteiger partial charge on any atom is 0.224 e. The minimum atomic E-state index is 0.0501.